The Morgan fingerprint density at radius 1 is 0.833 bits per heavy atom. The van der Waals surface area contributed by atoms with E-state index in [1.807, 2.05) is 0 Å². The maximum atomic E-state index is 5.96. The first-order chi connectivity index (χ1) is 8.20. The lowest BCUT2D eigenvalue weighted by atomic mass is 10.1. The van der Waals surface area contributed by atoms with E-state index in [4.69, 9.17) is 9.47 Å². The maximum Gasteiger partial charge on any atom is 0.0649 e. The van der Waals surface area contributed by atoms with Crippen molar-refractivity contribution in [2.45, 2.75) is 66.1 Å². The topological polar surface area (TPSA) is 21.7 Å². The van der Waals surface area contributed by atoms with Crippen LogP contribution in [0.25, 0.3) is 0 Å². The Balaban J connectivity index is 3.79. The molecule has 3 heteroatoms. The Kier molecular flexibility index (Phi) is 8.08. The standard InChI is InChI=1S/C15H33NO2/c1-8-16(9-2)11-13-18-15(6,7)10-12-17-14(3,4)5/h8-13H2,1-7H3. The molecule has 0 amide bonds. The molecule has 0 rings (SSSR count). The summed E-state index contributed by atoms with van der Waals surface area (Å²) in [6.07, 6.45) is 0.933. The molecule has 0 aromatic rings. The average Bonchev–Trinajstić information content (AvgIpc) is 2.22. The second-order valence-corrected chi connectivity index (χ2v) is 6.35. The van der Waals surface area contributed by atoms with Gasteiger partial charge in [0.1, 0.15) is 0 Å². The van der Waals surface area contributed by atoms with Gasteiger partial charge in [-0.3, -0.25) is 0 Å². The Bertz CT molecular complexity index is 205. The highest BCUT2D eigenvalue weighted by molar-refractivity contribution is 4.70. The fourth-order valence-corrected chi connectivity index (χ4v) is 1.67. The number of hydrogen-bond donors (Lipinski definition) is 0. The van der Waals surface area contributed by atoms with Gasteiger partial charge in [-0.2, -0.15) is 0 Å². The highest BCUT2D eigenvalue weighted by Gasteiger charge is 2.20. The molecule has 0 atom stereocenters. The van der Waals surface area contributed by atoms with Crippen molar-refractivity contribution >= 4 is 0 Å². The van der Waals surface area contributed by atoms with Crippen LogP contribution in [0.4, 0.5) is 0 Å². The summed E-state index contributed by atoms with van der Waals surface area (Å²) in [5.74, 6) is 0. The van der Waals surface area contributed by atoms with Gasteiger partial charge < -0.3 is 14.4 Å². The van der Waals surface area contributed by atoms with Gasteiger partial charge in [0.05, 0.1) is 17.8 Å². The first-order valence-corrected chi connectivity index (χ1v) is 7.20. The van der Waals surface area contributed by atoms with E-state index in [0.29, 0.717) is 0 Å². The summed E-state index contributed by atoms with van der Waals surface area (Å²) in [6.45, 7) is 19.6. The first kappa shape index (κ1) is 17.9. The van der Waals surface area contributed by atoms with Gasteiger partial charge in [0.25, 0.3) is 0 Å². The van der Waals surface area contributed by atoms with Crippen LogP contribution in [0.3, 0.4) is 0 Å². The highest BCUT2D eigenvalue weighted by atomic mass is 16.5. The lowest BCUT2D eigenvalue weighted by Crippen LogP contribution is -2.33. The third kappa shape index (κ3) is 9.86. The predicted molar refractivity (Wildman–Crippen MR) is 78.1 cm³/mol. The van der Waals surface area contributed by atoms with Crippen molar-refractivity contribution in [2.75, 3.05) is 32.8 Å². The minimum atomic E-state index is -0.0988. The Morgan fingerprint density at radius 2 is 1.39 bits per heavy atom. The van der Waals surface area contributed by atoms with E-state index in [-0.39, 0.29) is 11.2 Å². The number of nitrogens with zero attached hydrogens (tertiary/aromatic N) is 1. The van der Waals surface area contributed by atoms with Gasteiger partial charge >= 0.3 is 0 Å². The van der Waals surface area contributed by atoms with Crippen molar-refractivity contribution in [3.05, 3.63) is 0 Å². The summed E-state index contributed by atoms with van der Waals surface area (Å²) >= 11 is 0. The summed E-state index contributed by atoms with van der Waals surface area (Å²) in [5.41, 5.74) is -0.157. The van der Waals surface area contributed by atoms with Gasteiger partial charge in [0.15, 0.2) is 0 Å². The third-order valence-corrected chi connectivity index (χ3v) is 3.03. The van der Waals surface area contributed by atoms with Crippen molar-refractivity contribution in [1.82, 2.24) is 4.90 Å². The van der Waals surface area contributed by atoms with E-state index in [2.05, 4.69) is 53.4 Å². The fourth-order valence-electron chi connectivity index (χ4n) is 1.67. The van der Waals surface area contributed by atoms with Crippen molar-refractivity contribution in [3.63, 3.8) is 0 Å². The van der Waals surface area contributed by atoms with Crippen molar-refractivity contribution in [3.8, 4) is 0 Å². The molecule has 0 fully saturated rings. The monoisotopic (exact) mass is 259 g/mol. The van der Waals surface area contributed by atoms with Crippen molar-refractivity contribution < 1.29 is 9.47 Å². The van der Waals surface area contributed by atoms with Crippen LogP contribution in [0.5, 0.6) is 0 Å². The van der Waals surface area contributed by atoms with Crippen LogP contribution in [-0.4, -0.2) is 49.0 Å². The van der Waals surface area contributed by atoms with Gasteiger partial charge in [-0.15, -0.1) is 0 Å². The van der Waals surface area contributed by atoms with Crippen LogP contribution in [0.15, 0.2) is 0 Å². The molecule has 0 aromatic carbocycles. The van der Waals surface area contributed by atoms with E-state index in [1.165, 1.54) is 0 Å². The lowest BCUT2D eigenvalue weighted by Gasteiger charge is -2.29. The lowest BCUT2D eigenvalue weighted by molar-refractivity contribution is -0.0697. The molecule has 3 nitrogen and oxygen atoms in total. The number of hydrogen-bond acceptors (Lipinski definition) is 3. The molecule has 0 aliphatic rings. The Labute approximate surface area is 114 Å². The number of ether oxygens (including phenoxy) is 2. The second kappa shape index (κ2) is 8.13. The summed E-state index contributed by atoms with van der Waals surface area (Å²) in [6, 6.07) is 0. The predicted octanol–water partition coefficient (Wildman–Crippen LogP) is 3.33. The van der Waals surface area contributed by atoms with Crippen LogP contribution in [-0.2, 0) is 9.47 Å². The van der Waals surface area contributed by atoms with E-state index in [0.717, 1.165) is 39.3 Å². The van der Waals surface area contributed by atoms with E-state index in [9.17, 15) is 0 Å². The van der Waals surface area contributed by atoms with Gasteiger partial charge in [-0.1, -0.05) is 13.8 Å². The molecule has 0 heterocycles. The molecule has 0 spiro atoms. The van der Waals surface area contributed by atoms with E-state index in [1.54, 1.807) is 0 Å². The number of rotatable bonds is 9. The minimum absolute atomic E-state index is 0.0582. The Morgan fingerprint density at radius 3 is 1.83 bits per heavy atom. The summed E-state index contributed by atoms with van der Waals surface area (Å²) in [4.78, 5) is 2.38. The third-order valence-electron chi connectivity index (χ3n) is 3.03. The zero-order chi connectivity index (χ0) is 14.2. The molecule has 0 aromatic heterocycles. The molecule has 18 heavy (non-hydrogen) atoms. The summed E-state index contributed by atoms with van der Waals surface area (Å²) in [7, 11) is 0. The number of likely N-dealkylation sites (N-methyl/N-ethyl adjacent to an activating group) is 1. The largest absolute Gasteiger partial charge is 0.376 e. The second-order valence-electron chi connectivity index (χ2n) is 6.35. The first-order valence-electron chi connectivity index (χ1n) is 7.20. The van der Waals surface area contributed by atoms with Crippen LogP contribution < -0.4 is 0 Å². The van der Waals surface area contributed by atoms with Crippen LogP contribution in [0.2, 0.25) is 0 Å². The van der Waals surface area contributed by atoms with Gasteiger partial charge in [-0.25, -0.2) is 0 Å². The molecule has 110 valence electrons. The molecule has 0 N–H and O–H groups in total. The molecule has 0 bridgehead atoms. The SMILES string of the molecule is CCN(CC)CCOC(C)(C)CCOC(C)(C)C. The van der Waals surface area contributed by atoms with Crippen LogP contribution in [0, 0.1) is 0 Å². The zero-order valence-corrected chi connectivity index (χ0v) is 13.5. The molecule has 0 saturated carbocycles. The fraction of sp³-hybridized carbons (Fsp3) is 1.00. The van der Waals surface area contributed by atoms with Gasteiger partial charge in [0, 0.05) is 13.2 Å². The van der Waals surface area contributed by atoms with Gasteiger partial charge in [-0.05, 0) is 54.1 Å². The minimum Gasteiger partial charge on any atom is -0.376 e. The molecule has 0 aliphatic heterocycles. The highest BCUT2D eigenvalue weighted by Crippen LogP contribution is 2.17. The molecule has 0 unspecified atom stereocenters. The quantitative estimate of drug-likeness (QED) is 0.634. The Hall–Kier alpha value is -0.120. The van der Waals surface area contributed by atoms with Crippen LogP contribution >= 0.6 is 0 Å². The zero-order valence-electron chi connectivity index (χ0n) is 13.5. The molecular weight excluding hydrogens is 226 g/mol. The maximum absolute atomic E-state index is 5.96. The van der Waals surface area contributed by atoms with E-state index < -0.39 is 0 Å². The van der Waals surface area contributed by atoms with Crippen molar-refractivity contribution in [1.29, 1.82) is 0 Å². The van der Waals surface area contributed by atoms with Crippen LogP contribution in [0.1, 0.15) is 54.9 Å². The summed E-state index contributed by atoms with van der Waals surface area (Å²) in [5, 5.41) is 0. The molecule has 0 saturated heterocycles. The van der Waals surface area contributed by atoms with Crippen molar-refractivity contribution in [2.24, 2.45) is 0 Å². The van der Waals surface area contributed by atoms with Gasteiger partial charge in [0.2, 0.25) is 0 Å². The molecule has 0 radical (unpaired) electrons. The normalized spacial score (nSPS) is 13.3. The summed E-state index contributed by atoms with van der Waals surface area (Å²) < 4.78 is 11.7. The smallest absolute Gasteiger partial charge is 0.0649 e. The molecular formula is C15H33NO2. The average molecular weight is 259 g/mol. The molecule has 0 aliphatic carbocycles. The van der Waals surface area contributed by atoms with E-state index >= 15 is 0 Å².